The molecule has 1 aliphatic carbocycles. The van der Waals surface area contributed by atoms with Gasteiger partial charge in [-0.1, -0.05) is 38.5 Å². The molecule has 0 N–H and O–H groups in total. The number of carbonyl (C=O) groups excluding carboxylic acids is 1. The molecule has 1 rings (SSSR count). The summed E-state index contributed by atoms with van der Waals surface area (Å²) in [6.45, 7) is 7.30. The summed E-state index contributed by atoms with van der Waals surface area (Å²) in [6, 6.07) is 0. The molecule has 0 aromatic carbocycles. The molecule has 0 heterocycles. The molecule has 17 heavy (non-hydrogen) atoms. The van der Waals surface area contributed by atoms with Crippen LogP contribution in [0.15, 0.2) is 36.2 Å². The first-order valence-electron chi connectivity index (χ1n) is 6.31. The molecule has 1 aliphatic rings. The highest BCUT2D eigenvalue weighted by Crippen LogP contribution is 2.47. The van der Waals surface area contributed by atoms with Gasteiger partial charge in [-0.15, -0.1) is 0 Å². The molecule has 0 atom stereocenters. The number of rotatable bonds is 5. The SMILES string of the molecule is C=C/C(=C(F)\C=C/C)C1(C(=O)CC)CCCC1. The number of Topliss-reactive ketones (excluding diaryl/α,β-unsaturated/α-hetero) is 1. The highest BCUT2D eigenvalue weighted by Gasteiger charge is 2.43. The first-order valence-corrected chi connectivity index (χ1v) is 6.31. The van der Waals surface area contributed by atoms with Crippen molar-refractivity contribution in [2.24, 2.45) is 5.41 Å². The maximum Gasteiger partial charge on any atom is 0.143 e. The lowest BCUT2D eigenvalue weighted by atomic mass is 9.73. The zero-order valence-electron chi connectivity index (χ0n) is 10.8. The Labute approximate surface area is 103 Å². The molecule has 0 aromatic heterocycles. The summed E-state index contributed by atoms with van der Waals surface area (Å²) in [5, 5.41) is 0. The van der Waals surface area contributed by atoms with Crippen LogP contribution in [0.3, 0.4) is 0 Å². The first kappa shape index (κ1) is 13.9. The highest BCUT2D eigenvalue weighted by molar-refractivity contribution is 5.89. The molecule has 0 bridgehead atoms. The summed E-state index contributed by atoms with van der Waals surface area (Å²) in [5.41, 5.74) is -0.125. The smallest absolute Gasteiger partial charge is 0.143 e. The number of hydrogen-bond acceptors (Lipinski definition) is 1. The average molecular weight is 236 g/mol. The Bertz CT molecular complexity index is 357. The van der Waals surface area contributed by atoms with Gasteiger partial charge in [0.15, 0.2) is 0 Å². The second-order valence-electron chi connectivity index (χ2n) is 4.53. The minimum Gasteiger partial charge on any atom is -0.299 e. The van der Waals surface area contributed by atoms with Gasteiger partial charge in [-0.3, -0.25) is 4.79 Å². The second kappa shape index (κ2) is 5.95. The number of carbonyl (C=O) groups is 1. The third-order valence-electron chi connectivity index (χ3n) is 3.60. The molecule has 0 unspecified atom stereocenters. The van der Waals surface area contributed by atoms with E-state index in [1.807, 2.05) is 6.92 Å². The van der Waals surface area contributed by atoms with Crippen LogP contribution in [0.25, 0.3) is 0 Å². The predicted octanol–water partition coefficient (Wildman–Crippen LogP) is 4.51. The Morgan fingerprint density at radius 2 is 2.00 bits per heavy atom. The van der Waals surface area contributed by atoms with Crippen LogP contribution in [0, 0.1) is 5.41 Å². The van der Waals surface area contributed by atoms with E-state index in [-0.39, 0.29) is 11.6 Å². The largest absolute Gasteiger partial charge is 0.299 e. The van der Waals surface area contributed by atoms with Gasteiger partial charge in [-0.25, -0.2) is 4.39 Å². The molecule has 0 spiro atoms. The molecule has 1 saturated carbocycles. The molecule has 1 nitrogen and oxygen atoms in total. The van der Waals surface area contributed by atoms with Crippen LogP contribution in [0.4, 0.5) is 4.39 Å². The molecule has 1 fully saturated rings. The van der Waals surface area contributed by atoms with Gasteiger partial charge in [0.1, 0.15) is 11.6 Å². The van der Waals surface area contributed by atoms with Gasteiger partial charge >= 0.3 is 0 Å². The standard InChI is InChI=1S/C15H21FO/c1-4-9-13(16)12(5-2)15(14(17)6-3)10-7-8-11-15/h4-5,9H,2,6-8,10-11H2,1,3H3/b9-4-,13-12-. The number of allylic oxidation sites excluding steroid dienone is 5. The number of hydrogen-bond donors (Lipinski definition) is 0. The summed E-state index contributed by atoms with van der Waals surface area (Å²) in [4.78, 5) is 12.2. The third-order valence-corrected chi connectivity index (χ3v) is 3.60. The van der Waals surface area contributed by atoms with Gasteiger partial charge in [-0.05, 0) is 25.8 Å². The molecule has 0 aromatic rings. The van der Waals surface area contributed by atoms with Crippen LogP contribution in [0.2, 0.25) is 0 Å². The number of halogens is 1. The van der Waals surface area contributed by atoms with Crippen molar-refractivity contribution in [2.75, 3.05) is 0 Å². The normalized spacial score (nSPS) is 20.4. The first-order chi connectivity index (χ1) is 8.12. The van der Waals surface area contributed by atoms with E-state index in [0.29, 0.717) is 12.0 Å². The molecule has 0 amide bonds. The van der Waals surface area contributed by atoms with Crippen molar-refractivity contribution < 1.29 is 9.18 Å². The van der Waals surface area contributed by atoms with Crippen LogP contribution < -0.4 is 0 Å². The van der Waals surface area contributed by atoms with Crippen LogP contribution in [-0.2, 0) is 4.79 Å². The van der Waals surface area contributed by atoms with E-state index >= 15 is 0 Å². The van der Waals surface area contributed by atoms with Crippen molar-refractivity contribution in [1.29, 1.82) is 0 Å². The van der Waals surface area contributed by atoms with E-state index in [9.17, 15) is 9.18 Å². The minimum absolute atomic E-state index is 0.143. The van der Waals surface area contributed by atoms with Crippen LogP contribution in [0.5, 0.6) is 0 Å². The van der Waals surface area contributed by atoms with Crippen molar-refractivity contribution in [3.63, 3.8) is 0 Å². The van der Waals surface area contributed by atoms with E-state index in [1.165, 1.54) is 12.2 Å². The van der Waals surface area contributed by atoms with Crippen molar-refractivity contribution in [2.45, 2.75) is 46.0 Å². The summed E-state index contributed by atoms with van der Waals surface area (Å²) in [6.07, 6.45) is 8.54. The van der Waals surface area contributed by atoms with Crippen LogP contribution >= 0.6 is 0 Å². The zero-order chi connectivity index (χ0) is 12.9. The van der Waals surface area contributed by atoms with Crippen LogP contribution in [-0.4, -0.2) is 5.78 Å². The fourth-order valence-corrected chi connectivity index (χ4v) is 2.77. The van der Waals surface area contributed by atoms with Crippen molar-refractivity contribution >= 4 is 5.78 Å². The lowest BCUT2D eigenvalue weighted by Gasteiger charge is -2.28. The molecule has 0 saturated heterocycles. The Morgan fingerprint density at radius 1 is 1.41 bits per heavy atom. The van der Waals surface area contributed by atoms with Gasteiger partial charge in [0, 0.05) is 12.0 Å². The lowest BCUT2D eigenvalue weighted by Crippen LogP contribution is -2.29. The Balaban J connectivity index is 3.26. The summed E-state index contributed by atoms with van der Waals surface area (Å²) < 4.78 is 14.0. The topological polar surface area (TPSA) is 17.1 Å². The molecular weight excluding hydrogens is 215 g/mol. The quantitative estimate of drug-likeness (QED) is 0.642. The maximum absolute atomic E-state index is 14.0. The van der Waals surface area contributed by atoms with E-state index in [4.69, 9.17) is 0 Å². The Morgan fingerprint density at radius 3 is 2.41 bits per heavy atom. The predicted molar refractivity (Wildman–Crippen MR) is 69.3 cm³/mol. The summed E-state index contributed by atoms with van der Waals surface area (Å²) in [5.74, 6) is -0.171. The van der Waals surface area contributed by atoms with Crippen molar-refractivity contribution in [3.05, 3.63) is 36.2 Å². The van der Waals surface area contributed by atoms with Gasteiger partial charge in [0.05, 0.1) is 5.41 Å². The van der Waals surface area contributed by atoms with Crippen molar-refractivity contribution in [1.82, 2.24) is 0 Å². The fourth-order valence-electron chi connectivity index (χ4n) is 2.77. The molecular formula is C15H21FO. The Hall–Kier alpha value is -1.18. The monoisotopic (exact) mass is 236 g/mol. The molecule has 2 heteroatoms. The second-order valence-corrected chi connectivity index (χ2v) is 4.53. The zero-order valence-corrected chi connectivity index (χ0v) is 10.8. The maximum atomic E-state index is 14.0. The third kappa shape index (κ3) is 2.56. The van der Waals surface area contributed by atoms with E-state index < -0.39 is 5.41 Å². The van der Waals surface area contributed by atoms with Gasteiger partial charge < -0.3 is 0 Å². The molecule has 0 radical (unpaired) electrons. The van der Waals surface area contributed by atoms with E-state index in [0.717, 1.165) is 25.7 Å². The fraction of sp³-hybridized carbons (Fsp3) is 0.533. The van der Waals surface area contributed by atoms with E-state index in [1.54, 1.807) is 13.0 Å². The summed E-state index contributed by atoms with van der Waals surface area (Å²) >= 11 is 0. The highest BCUT2D eigenvalue weighted by atomic mass is 19.1. The molecule has 0 aliphatic heterocycles. The van der Waals surface area contributed by atoms with Crippen molar-refractivity contribution in [3.8, 4) is 0 Å². The number of ketones is 1. The lowest BCUT2D eigenvalue weighted by molar-refractivity contribution is -0.126. The molecule has 94 valence electrons. The van der Waals surface area contributed by atoms with Crippen LogP contribution in [0.1, 0.15) is 46.0 Å². The van der Waals surface area contributed by atoms with E-state index in [2.05, 4.69) is 6.58 Å². The average Bonchev–Trinajstić information content (AvgIpc) is 2.80. The van der Waals surface area contributed by atoms with Gasteiger partial charge in [-0.2, -0.15) is 0 Å². The van der Waals surface area contributed by atoms with Gasteiger partial charge in [0.25, 0.3) is 0 Å². The Kier molecular flexibility index (Phi) is 4.86. The summed E-state index contributed by atoms with van der Waals surface area (Å²) in [7, 11) is 0. The minimum atomic E-state index is -0.611. The van der Waals surface area contributed by atoms with Gasteiger partial charge in [0.2, 0.25) is 0 Å².